The van der Waals surface area contributed by atoms with Crippen molar-refractivity contribution < 1.29 is 4.52 Å². The van der Waals surface area contributed by atoms with Gasteiger partial charge in [0, 0.05) is 11.8 Å². The van der Waals surface area contributed by atoms with Gasteiger partial charge in [-0.1, -0.05) is 5.16 Å². The van der Waals surface area contributed by atoms with Gasteiger partial charge in [-0.2, -0.15) is 0 Å². The number of alkyl halides is 1. The Kier molecular flexibility index (Phi) is 3.22. The maximum absolute atomic E-state index is 6.23. The molecule has 5 nitrogen and oxygen atoms in total. The van der Waals surface area contributed by atoms with Crippen molar-refractivity contribution in [2.45, 2.75) is 32.7 Å². The van der Waals surface area contributed by atoms with Crippen LogP contribution in [-0.4, -0.2) is 19.7 Å². The van der Waals surface area contributed by atoms with Crippen LogP contribution in [0.2, 0.25) is 0 Å². The van der Waals surface area contributed by atoms with Gasteiger partial charge in [-0.3, -0.25) is 0 Å². The molecule has 1 atom stereocenters. The topological polar surface area (TPSA) is 56.7 Å². The average molecular weight is 291 g/mol. The van der Waals surface area contributed by atoms with E-state index in [0.29, 0.717) is 6.54 Å². The van der Waals surface area contributed by atoms with Crippen LogP contribution in [0.5, 0.6) is 0 Å². The summed E-state index contributed by atoms with van der Waals surface area (Å²) in [5.41, 5.74) is 3.46. The second-order valence-electron chi connectivity index (χ2n) is 4.90. The first-order chi connectivity index (χ1) is 9.54. The molecule has 104 valence electrons. The third-order valence-electron chi connectivity index (χ3n) is 3.11. The van der Waals surface area contributed by atoms with E-state index in [2.05, 4.69) is 15.1 Å². The highest BCUT2D eigenvalue weighted by Crippen LogP contribution is 2.24. The van der Waals surface area contributed by atoms with Crippen molar-refractivity contribution in [1.29, 1.82) is 0 Å². The molecule has 0 N–H and O–H groups in total. The fourth-order valence-corrected chi connectivity index (χ4v) is 2.39. The predicted molar refractivity (Wildman–Crippen MR) is 76.9 cm³/mol. The number of imidazole rings is 1. The number of hydrogen-bond acceptors (Lipinski definition) is 4. The first kappa shape index (κ1) is 13.1. The van der Waals surface area contributed by atoms with E-state index in [4.69, 9.17) is 16.1 Å². The molecule has 0 saturated heterocycles. The Hall–Kier alpha value is -1.88. The van der Waals surface area contributed by atoms with Crippen LogP contribution < -0.4 is 0 Å². The van der Waals surface area contributed by atoms with Gasteiger partial charge in [0.2, 0.25) is 0 Å². The number of fused-ring (bicyclic) bond motifs is 1. The molecule has 0 spiro atoms. The lowest BCUT2D eigenvalue weighted by Crippen LogP contribution is -2.06. The molecular formula is C14H15ClN4O. The number of hydrogen-bond donors (Lipinski definition) is 0. The summed E-state index contributed by atoms with van der Waals surface area (Å²) in [4.78, 5) is 9.12. The van der Waals surface area contributed by atoms with Crippen LogP contribution in [0.1, 0.15) is 35.3 Å². The van der Waals surface area contributed by atoms with Crippen molar-refractivity contribution in [3.05, 3.63) is 41.2 Å². The maximum Gasteiger partial charge on any atom is 0.160 e. The zero-order chi connectivity index (χ0) is 14.3. The summed E-state index contributed by atoms with van der Waals surface area (Å²) in [6, 6.07) is 5.81. The van der Waals surface area contributed by atoms with Gasteiger partial charge in [-0.15, -0.1) is 11.6 Å². The third kappa shape index (κ3) is 2.29. The number of aryl methyl sites for hydroxylation is 2. The summed E-state index contributed by atoms with van der Waals surface area (Å²) < 4.78 is 7.27. The fourth-order valence-electron chi connectivity index (χ4n) is 2.22. The number of halogens is 1. The van der Waals surface area contributed by atoms with E-state index in [1.165, 1.54) is 0 Å². The number of pyridine rings is 1. The molecule has 3 rings (SSSR count). The summed E-state index contributed by atoms with van der Waals surface area (Å²) in [5, 5.41) is 3.71. The monoisotopic (exact) mass is 290 g/mol. The average Bonchev–Trinajstić information content (AvgIpc) is 2.95. The van der Waals surface area contributed by atoms with Crippen LogP contribution in [0.4, 0.5) is 0 Å². The number of nitrogens with zero attached hydrogens (tertiary/aromatic N) is 4. The number of rotatable bonds is 3. The van der Waals surface area contributed by atoms with Crippen LogP contribution in [0.25, 0.3) is 11.2 Å². The summed E-state index contributed by atoms with van der Waals surface area (Å²) in [7, 11) is 0. The van der Waals surface area contributed by atoms with Crippen molar-refractivity contribution in [1.82, 2.24) is 19.7 Å². The molecule has 0 aliphatic rings. The minimum Gasteiger partial charge on any atom is -0.359 e. The Morgan fingerprint density at radius 3 is 2.70 bits per heavy atom. The van der Waals surface area contributed by atoms with E-state index < -0.39 is 0 Å². The molecule has 0 radical (unpaired) electrons. The Morgan fingerprint density at radius 2 is 2.05 bits per heavy atom. The molecule has 0 aliphatic heterocycles. The van der Waals surface area contributed by atoms with Gasteiger partial charge in [0.25, 0.3) is 0 Å². The summed E-state index contributed by atoms with van der Waals surface area (Å²) in [6.45, 7) is 6.28. The van der Waals surface area contributed by atoms with Crippen molar-refractivity contribution in [3.63, 3.8) is 0 Å². The zero-order valence-corrected chi connectivity index (χ0v) is 12.3. The van der Waals surface area contributed by atoms with Gasteiger partial charge in [-0.25, -0.2) is 9.97 Å². The Labute approximate surface area is 121 Å². The summed E-state index contributed by atoms with van der Waals surface area (Å²) in [5.74, 6) is 1.55. The quantitative estimate of drug-likeness (QED) is 0.694. The van der Waals surface area contributed by atoms with Gasteiger partial charge >= 0.3 is 0 Å². The number of aromatic nitrogens is 4. The Bertz CT molecular complexity index is 760. The SMILES string of the molecule is Cc1cc(Cn2c(C(C)Cl)nc3ccc(C)nc32)on1. The Morgan fingerprint density at radius 1 is 1.25 bits per heavy atom. The largest absolute Gasteiger partial charge is 0.359 e. The van der Waals surface area contributed by atoms with Crippen LogP contribution >= 0.6 is 11.6 Å². The molecule has 6 heteroatoms. The molecule has 0 aromatic carbocycles. The Balaban J connectivity index is 2.15. The normalized spacial score (nSPS) is 13.0. The third-order valence-corrected chi connectivity index (χ3v) is 3.30. The second-order valence-corrected chi connectivity index (χ2v) is 5.56. The molecule has 0 bridgehead atoms. The molecule has 3 aromatic rings. The highest BCUT2D eigenvalue weighted by Gasteiger charge is 2.17. The summed E-state index contributed by atoms with van der Waals surface area (Å²) >= 11 is 6.23. The standard InChI is InChI=1S/C14H15ClN4O/c1-8-4-5-12-14(16-8)19(13(17-12)10(3)15)7-11-6-9(2)18-20-11/h4-6,10H,7H2,1-3H3. The molecule has 3 aromatic heterocycles. The minimum absolute atomic E-state index is 0.200. The maximum atomic E-state index is 6.23. The van der Waals surface area contributed by atoms with E-state index >= 15 is 0 Å². The van der Waals surface area contributed by atoms with Gasteiger partial charge in [0.05, 0.1) is 17.6 Å². The fraction of sp³-hybridized carbons (Fsp3) is 0.357. The van der Waals surface area contributed by atoms with Gasteiger partial charge < -0.3 is 9.09 Å². The zero-order valence-electron chi connectivity index (χ0n) is 11.6. The first-order valence-electron chi connectivity index (χ1n) is 6.44. The lowest BCUT2D eigenvalue weighted by molar-refractivity contribution is 0.372. The molecule has 20 heavy (non-hydrogen) atoms. The lowest BCUT2D eigenvalue weighted by Gasteiger charge is -2.07. The van der Waals surface area contributed by atoms with Crippen molar-refractivity contribution in [2.75, 3.05) is 0 Å². The summed E-state index contributed by atoms with van der Waals surface area (Å²) in [6.07, 6.45) is 0. The van der Waals surface area contributed by atoms with E-state index in [1.54, 1.807) is 0 Å². The van der Waals surface area contributed by atoms with Gasteiger partial charge in [0.1, 0.15) is 11.3 Å². The highest BCUT2D eigenvalue weighted by molar-refractivity contribution is 6.20. The van der Waals surface area contributed by atoms with Crippen molar-refractivity contribution >= 4 is 22.8 Å². The first-order valence-corrected chi connectivity index (χ1v) is 6.88. The highest BCUT2D eigenvalue weighted by atomic mass is 35.5. The van der Waals surface area contributed by atoms with Gasteiger partial charge in [0.15, 0.2) is 11.4 Å². The van der Waals surface area contributed by atoms with E-state index in [9.17, 15) is 0 Å². The second kappa shape index (κ2) is 4.90. The molecule has 1 unspecified atom stereocenters. The molecule has 0 fully saturated rings. The van der Waals surface area contributed by atoms with Crippen LogP contribution in [-0.2, 0) is 6.54 Å². The molecular weight excluding hydrogens is 276 g/mol. The van der Waals surface area contributed by atoms with Crippen LogP contribution in [0, 0.1) is 13.8 Å². The van der Waals surface area contributed by atoms with Crippen LogP contribution in [0.3, 0.4) is 0 Å². The minimum atomic E-state index is -0.200. The van der Waals surface area contributed by atoms with Crippen LogP contribution in [0.15, 0.2) is 22.7 Å². The smallest absolute Gasteiger partial charge is 0.160 e. The van der Waals surface area contributed by atoms with E-state index in [1.807, 2.05) is 43.5 Å². The molecule has 0 amide bonds. The predicted octanol–water partition coefficient (Wildman–Crippen LogP) is 3.38. The lowest BCUT2D eigenvalue weighted by atomic mass is 10.3. The van der Waals surface area contributed by atoms with E-state index in [-0.39, 0.29) is 5.38 Å². The molecule has 3 heterocycles. The molecule has 0 saturated carbocycles. The van der Waals surface area contributed by atoms with Crippen molar-refractivity contribution in [2.24, 2.45) is 0 Å². The van der Waals surface area contributed by atoms with Gasteiger partial charge in [-0.05, 0) is 32.9 Å². The van der Waals surface area contributed by atoms with E-state index in [0.717, 1.165) is 34.1 Å². The molecule has 0 aliphatic carbocycles. The van der Waals surface area contributed by atoms with Crippen molar-refractivity contribution in [3.8, 4) is 0 Å².